The molecule has 0 radical (unpaired) electrons. The summed E-state index contributed by atoms with van der Waals surface area (Å²) >= 11 is 8.16. The highest BCUT2D eigenvalue weighted by molar-refractivity contribution is 7.89. The summed E-state index contributed by atoms with van der Waals surface area (Å²) in [6.07, 6.45) is 4.54. The molecule has 216 valence electrons. The Morgan fingerprint density at radius 2 is 1.78 bits per heavy atom. The Labute approximate surface area is 250 Å². The molecule has 0 spiro atoms. The number of methoxy groups -OCH3 is 1. The van der Waals surface area contributed by atoms with Gasteiger partial charge in [-0.3, -0.25) is 4.90 Å². The lowest BCUT2D eigenvalue weighted by Gasteiger charge is -2.33. The number of anilines is 1. The molecule has 0 saturated carbocycles. The van der Waals surface area contributed by atoms with Crippen LogP contribution < -0.4 is 10.1 Å². The number of sulfonamides is 1. The number of hydrogen-bond donors (Lipinski definition) is 1. The summed E-state index contributed by atoms with van der Waals surface area (Å²) in [5.41, 5.74) is 3.46. The molecule has 41 heavy (non-hydrogen) atoms. The van der Waals surface area contributed by atoms with Gasteiger partial charge in [-0.25, -0.2) is 18.4 Å². The van der Waals surface area contributed by atoms with Crippen molar-refractivity contribution in [1.29, 1.82) is 0 Å². The minimum atomic E-state index is -3.50. The van der Waals surface area contributed by atoms with Crippen molar-refractivity contribution >= 4 is 49.0 Å². The smallest absolute Gasteiger partial charge is 0.243 e. The molecule has 0 amide bonds. The number of aromatic nitrogens is 2. The van der Waals surface area contributed by atoms with Crippen LogP contribution in [0.4, 0.5) is 5.82 Å². The van der Waals surface area contributed by atoms with Gasteiger partial charge in [0, 0.05) is 37.6 Å². The molecule has 6 rings (SSSR count). The molecule has 11 heteroatoms. The highest BCUT2D eigenvalue weighted by Gasteiger charge is 2.29. The molecular weight excluding hydrogens is 578 g/mol. The second-order valence-electron chi connectivity index (χ2n) is 10.7. The van der Waals surface area contributed by atoms with Crippen LogP contribution in [0, 0.1) is 6.92 Å². The monoisotopic (exact) mass is 611 g/mol. The Morgan fingerprint density at radius 1 is 1.02 bits per heavy atom. The first-order valence-electron chi connectivity index (χ1n) is 14.0. The van der Waals surface area contributed by atoms with Crippen LogP contribution in [0.2, 0.25) is 5.02 Å². The first-order valence-corrected chi connectivity index (χ1v) is 16.6. The summed E-state index contributed by atoms with van der Waals surface area (Å²) in [5, 5.41) is 5.30. The summed E-state index contributed by atoms with van der Waals surface area (Å²) in [7, 11) is -1.89. The zero-order valence-electron chi connectivity index (χ0n) is 23.3. The first-order chi connectivity index (χ1) is 19.8. The Hall–Kier alpha value is -2.76. The second-order valence-corrected chi connectivity index (χ2v) is 14.1. The topological polar surface area (TPSA) is 87.7 Å². The molecule has 2 aromatic heterocycles. The maximum atomic E-state index is 13.2. The van der Waals surface area contributed by atoms with Gasteiger partial charge < -0.3 is 10.1 Å². The minimum Gasteiger partial charge on any atom is -0.495 e. The predicted molar refractivity (Wildman–Crippen MR) is 165 cm³/mol. The van der Waals surface area contributed by atoms with E-state index in [4.69, 9.17) is 26.3 Å². The van der Waals surface area contributed by atoms with E-state index in [1.165, 1.54) is 23.3 Å². The molecule has 1 saturated heterocycles. The van der Waals surface area contributed by atoms with Crippen LogP contribution in [0.15, 0.2) is 47.4 Å². The van der Waals surface area contributed by atoms with Gasteiger partial charge in [-0.1, -0.05) is 35.4 Å². The lowest BCUT2D eigenvalue weighted by Crippen LogP contribution is -2.48. The molecule has 0 unspecified atom stereocenters. The van der Waals surface area contributed by atoms with Crippen LogP contribution >= 0.6 is 22.9 Å². The fraction of sp³-hybridized carbons (Fsp3) is 0.400. The molecule has 1 aliphatic carbocycles. The minimum absolute atomic E-state index is 0.348. The van der Waals surface area contributed by atoms with Crippen molar-refractivity contribution < 1.29 is 13.2 Å². The van der Waals surface area contributed by atoms with Crippen LogP contribution in [0.5, 0.6) is 5.75 Å². The van der Waals surface area contributed by atoms with Gasteiger partial charge in [0.25, 0.3) is 0 Å². The normalized spacial score (nSPS) is 16.6. The van der Waals surface area contributed by atoms with Crippen molar-refractivity contribution in [2.45, 2.75) is 50.6 Å². The highest BCUT2D eigenvalue weighted by atomic mass is 35.5. The van der Waals surface area contributed by atoms with E-state index in [1.807, 2.05) is 37.3 Å². The Kier molecular flexibility index (Phi) is 8.20. The third kappa shape index (κ3) is 5.94. The summed E-state index contributed by atoms with van der Waals surface area (Å²) in [4.78, 5) is 15.1. The molecule has 1 aliphatic heterocycles. The molecule has 1 fully saturated rings. The first kappa shape index (κ1) is 28.4. The van der Waals surface area contributed by atoms with E-state index in [-0.39, 0.29) is 0 Å². The number of fused-ring (bicyclic) bond motifs is 3. The molecule has 2 aliphatic rings. The highest BCUT2D eigenvalue weighted by Crippen LogP contribution is 2.39. The van der Waals surface area contributed by atoms with E-state index in [1.54, 1.807) is 34.9 Å². The van der Waals surface area contributed by atoms with E-state index >= 15 is 0 Å². The number of benzene rings is 2. The van der Waals surface area contributed by atoms with Crippen molar-refractivity contribution in [3.63, 3.8) is 0 Å². The molecule has 1 N–H and O–H groups in total. The maximum absolute atomic E-state index is 13.2. The third-order valence-corrected chi connectivity index (χ3v) is 11.3. The van der Waals surface area contributed by atoms with Crippen molar-refractivity contribution in [2.24, 2.45) is 0 Å². The van der Waals surface area contributed by atoms with Crippen molar-refractivity contribution in [1.82, 2.24) is 19.2 Å². The van der Waals surface area contributed by atoms with E-state index in [0.29, 0.717) is 54.9 Å². The van der Waals surface area contributed by atoms with Crippen molar-refractivity contribution in [3.8, 4) is 5.75 Å². The fourth-order valence-electron chi connectivity index (χ4n) is 5.59. The van der Waals surface area contributed by atoms with E-state index in [2.05, 4.69) is 10.2 Å². The summed E-state index contributed by atoms with van der Waals surface area (Å²) < 4.78 is 33.2. The fourth-order valence-corrected chi connectivity index (χ4v) is 8.58. The molecule has 4 aromatic rings. The Bertz CT molecular complexity index is 1670. The van der Waals surface area contributed by atoms with Crippen LogP contribution in [-0.2, 0) is 36.0 Å². The number of rotatable bonds is 8. The van der Waals surface area contributed by atoms with E-state index in [0.717, 1.165) is 45.8 Å². The number of hydrogen-bond acceptors (Lipinski definition) is 8. The molecular formula is C30H34ClN5O3S2. The van der Waals surface area contributed by atoms with Gasteiger partial charge in [-0.2, -0.15) is 4.31 Å². The number of halogens is 1. The molecule has 2 aromatic carbocycles. The number of piperazine rings is 1. The van der Waals surface area contributed by atoms with Gasteiger partial charge >= 0.3 is 0 Å². The van der Waals surface area contributed by atoms with Gasteiger partial charge in [0.15, 0.2) is 0 Å². The maximum Gasteiger partial charge on any atom is 0.243 e. The number of ether oxygens (including phenoxy) is 1. The summed E-state index contributed by atoms with van der Waals surface area (Å²) in [6, 6.07) is 12.9. The standard InChI is InChI=1S/C30H34ClN5O3S2/c1-20-7-10-22(11-8-20)41(37,38)36-15-13-35(14-16-36)19-27-33-29(32-18-21-9-12-25(39-2)24(31)17-21)28-23-5-3-4-6-26(23)40-30(28)34-27/h7-12,17H,3-6,13-16,18-19H2,1-2H3,(H,32,33,34). The van der Waals surface area contributed by atoms with Gasteiger partial charge in [0.05, 0.1) is 29.0 Å². The lowest BCUT2D eigenvalue weighted by atomic mass is 9.97. The summed E-state index contributed by atoms with van der Waals surface area (Å²) in [6.45, 7) is 5.23. The van der Waals surface area contributed by atoms with Crippen molar-refractivity contribution in [3.05, 3.63) is 74.9 Å². The zero-order valence-corrected chi connectivity index (χ0v) is 25.7. The van der Waals surface area contributed by atoms with Gasteiger partial charge in [-0.15, -0.1) is 11.3 Å². The van der Waals surface area contributed by atoms with Gasteiger partial charge in [0.2, 0.25) is 10.0 Å². The average molecular weight is 612 g/mol. The number of nitrogens with one attached hydrogen (secondary N) is 1. The predicted octanol–water partition coefficient (Wildman–Crippen LogP) is 5.66. The van der Waals surface area contributed by atoms with E-state index < -0.39 is 10.0 Å². The molecule has 0 bridgehead atoms. The quantitative estimate of drug-likeness (QED) is 0.275. The van der Waals surface area contributed by atoms with E-state index in [9.17, 15) is 8.42 Å². The second kappa shape index (κ2) is 11.9. The number of aryl methyl sites for hydroxylation is 3. The molecule has 0 atom stereocenters. The lowest BCUT2D eigenvalue weighted by molar-refractivity contribution is 0.178. The van der Waals surface area contributed by atoms with Crippen LogP contribution in [0.1, 0.15) is 40.2 Å². The van der Waals surface area contributed by atoms with Gasteiger partial charge in [-0.05, 0) is 68.0 Å². The molecule has 8 nitrogen and oxygen atoms in total. The van der Waals surface area contributed by atoms with Gasteiger partial charge in [0.1, 0.15) is 22.2 Å². The largest absolute Gasteiger partial charge is 0.495 e. The SMILES string of the molecule is COc1ccc(CNc2nc(CN3CCN(S(=O)(=O)c4ccc(C)cc4)CC3)nc3sc4c(c23)CCCC4)cc1Cl. The summed E-state index contributed by atoms with van der Waals surface area (Å²) in [5.74, 6) is 2.26. The third-order valence-electron chi connectivity index (χ3n) is 7.89. The Morgan fingerprint density at radius 3 is 2.51 bits per heavy atom. The number of thiophene rings is 1. The zero-order chi connectivity index (χ0) is 28.6. The molecule has 3 heterocycles. The Balaban J connectivity index is 1.20. The van der Waals surface area contributed by atoms with Crippen LogP contribution in [0.25, 0.3) is 10.2 Å². The van der Waals surface area contributed by atoms with Crippen molar-refractivity contribution in [2.75, 3.05) is 38.6 Å². The van der Waals surface area contributed by atoms with Crippen LogP contribution in [0.3, 0.4) is 0 Å². The number of nitrogens with zero attached hydrogens (tertiary/aromatic N) is 4. The average Bonchev–Trinajstić information content (AvgIpc) is 3.35. The van der Waals surface area contributed by atoms with Crippen LogP contribution in [-0.4, -0.2) is 60.9 Å².